The number of hydrogen-bond donors (Lipinski definition) is 0. The molecule has 0 N–H and O–H groups in total. The van der Waals surface area contributed by atoms with E-state index in [1.807, 2.05) is 36.4 Å². The summed E-state index contributed by atoms with van der Waals surface area (Å²) in [6.45, 7) is 0. The van der Waals surface area contributed by atoms with E-state index in [4.69, 9.17) is 34.8 Å². The third kappa shape index (κ3) is 1.77. The van der Waals surface area contributed by atoms with Crippen molar-refractivity contribution in [1.29, 1.82) is 0 Å². The van der Waals surface area contributed by atoms with Crippen LogP contribution < -0.4 is 0 Å². The Bertz CT molecular complexity index is 732. The maximum Gasteiger partial charge on any atom is 0.0499 e. The van der Waals surface area contributed by atoms with Gasteiger partial charge in [-0.25, -0.2) is 0 Å². The zero-order chi connectivity index (χ0) is 12.0. The Hall–Kier alpha value is -0.950. The summed E-state index contributed by atoms with van der Waals surface area (Å²) in [5.41, 5.74) is 0. The van der Waals surface area contributed by atoms with Crippen molar-refractivity contribution in [3.8, 4) is 0 Å². The van der Waals surface area contributed by atoms with Gasteiger partial charge in [-0.2, -0.15) is 0 Å². The second-order valence-corrected chi connectivity index (χ2v) is 5.14. The third-order valence-corrected chi connectivity index (χ3v) is 3.68. The summed E-state index contributed by atoms with van der Waals surface area (Å²) < 4.78 is 0. The van der Waals surface area contributed by atoms with Crippen molar-refractivity contribution in [3.05, 3.63) is 57.5 Å². The van der Waals surface area contributed by atoms with Gasteiger partial charge in [0, 0.05) is 25.8 Å². The van der Waals surface area contributed by atoms with Gasteiger partial charge < -0.3 is 0 Å². The fourth-order valence-electron chi connectivity index (χ4n) is 2.09. The van der Waals surface area contributed by atoms with Crippen LogP contribution in [0.15, 0.2) is 42.5 Å². The molecule has 0 heterocycles. The second kappa shape index (κ2) is 4.06. The van der Waals surface area contributed by atoms with Gasteiger partial charge in [-0.1, -0.05) is 59.1 Å². The van der Waals surface area contributed by atoms with E-state index in [0.29, 0.717) is 15.1 Å². The van der Waals surface area contributed by atoms with Crippen molar-refractivity contribution in [2.24, 2.45) is 0 Å². The minimum absolute atomic E-state index is 0.625. The maximum absolute atomic E-state index is 6.26. The molecule has 0 spiro atoms. The average molecular weight is 282 g/mol. The zero-order valence-electron chi connectivity index (χ0n) is 8.68. The molecule has 0 nitrogen and oxygen atoms in total. The van der Waals surface area contributed by atoms with E-state index in [1.54, 1.807) is 6.07 Å². The number of halogens is 3. The topological polar surface area (TPSA) is 0 Å². The van der Waals surface area contributed by atoms with E-state index in [0.717, 1.165) is 21.5 Å². The minimum Gasteiger partial charge on any atom is -0.0843 e. The Morgan fingerprint density at radius 1 is 0.588 bits per heavy atom. The molecule has 3 heteroatoms. The summed E-state index contributed by atoms with van der Waals surface area (Å²) >= 11 is 18.5. The largest absolute Gasteiger partial charge is 0.0843 e. The molecular formula is C14H7Cl3. The third-order valence-electron chi connectivity index (χ3n) is 2.84. The molecule has 84 valence electrons. The standard InChI is InChI=1S/C14H7Cl3/c15-8-5-11-9-3-1-2-4-10(9)14(17)7-12(11)13(16)6-8/h1-7H. The van der Waals surface area contributed by atoms with Gasteiger partial charge in [0.05, 0.1) is 0 Å². The van der Waals surface area contributed by atoms with Gasteiger partial charge in [0.1, 0.15) is 0 Å². The van der Waals surface area contributed by atoms with Crippen molar-refractivity contribution in [2.75, 3.05) is 0 Å². The molecule has 0 unspecified atom stereocenters. The van der Waals surface area contributed by atoms with E-state index in [2.05, 4.69) is 0 Å². The molecule has 0 aliphatic carbocycles. The molecule has 3 rings (SSSR count). The first-order chi connectivity index (χ1) is 8.16. The fourth-order valence-corrected chi connectivity index (χ4v) is 2.91. The highest BCUT2D eigenvalue weighted by atomic mass is 35.5. The average Bonchev–Trinajstić information content (AvgIpc) is 2.31. The van der Waals surface area contributed by atoms with E-state index in [9.17, 15) is 0 Å². The van der Waals surface area contributed by atoms with Gasteiger partial charge in [-0.05, 0) is 29.0 Å². The molecule has 3 aromatic carbocycles. The predicted molar refractivity (Wildman–Crippen MR) is 76.5 cm³/mol. The summed E-state index contributed by atoms with van der Waals surface area (Å²) in [7, 11) is 0. The lowest BCUT2D eigenvalue weighted by Gasteiger charge is -2.08. The summed E-state index contributed by atoms with van der Waals surface area (Å²) in [6.07, 6.45) is 0. The van der Waals surface area contributed by atoms with Crippen molar-refractivity contribution in [1.82, 2.24) is 0 Å². The van der Waals surface area contributed by atoms with Crippen molar-refractivity contribution in [3.63, 3.8) is 0 Å². The first-order valence-electron chi connectivity index (χ1n) is 5.13. The van der Waals surface area contributed by atoms with Crippen LogP contribution in [0.25, 0.3) is 21.5 Å². The molecule has 0 aromatic heterocycles. The lowest BCUT2D eigenvalue weighted by molar-refractivity contribution is 1.76. The van der Waals surface area contributed by atoms with Crippen LogP contribution in [0.5, 0.6) is 0 Å². The monoisotopic (exact) mass is 280 g/mol. The highest BCUT2D eigenvalue weighted by Gasteiger charge is 2.08. The van der Waals surface area contributed by atoms with Gasteiger partial charge in [0.15, 0.2) is 0 Å². The Morgan fingerprint density at radius 3 is 2.00 bits per heavy atom. The molecule has 3 aromatic rings. The Morgan fingerprint density at radius 2 is 1.24 bits per heavy atom. The Labute approximate surface area is 114 Å². The zero-order valence-corrected chi connectivity index (χ0v) is 10.9. The number of hydrogen-bond acceptors (Lipinski definition) is 0. The SMILES string of the molecule is Clc1cc(Cl)c2cc(Cl)c3ccccc3c2c1. The molecule has 0 radical (unpaired) electrons. The molecule has 0 saturated heterocycles. The molecule has 17 heavy (non-hydrogen) atoms. The lowest BCUT2D eigenvalue weighted by Crippen LogP contribution is -1.81. The summed E-state index contributed by atoms with van der Waals surface area (Å²) in [5, 5.41) is 6.01. The number of fused-ring (bicyclic) bond motifs is 3. The summed E-state index contributed by atoms with van der Waals surface area (Å²) in [6, 6.07) is 13.5. The predicted octanol–water partition coefficient (Wildman–Crippen LogP) is 5.95. The van der Waals surface area contributed by atoms with Gasteiger partial charge in [0.25, 0.3) is 0 Å². The fraction of sp³-hybridized carbons (Fsp3) is 0. The van der Waals surface area contributed by atoms with E-state index >= 15 is 0 Å². The van der Waals surface area contributed by atoms with Crippen LogP contribution in [0.3, 0.4) is 0 Å². The molecule has 0 aliphatic rings. The van der Waals surface area contributed by atoms with Crippen LogP contribution in [-0.2, 0) is 0 Å². The van der Waals surface area contributed by atoms with Crippen LogP contribution in [-0.4, -0.2) is 0 Å². The molecule has 0 fully saturated rings. The van der Waals surface area contributed by atoms with Gasteiger partial charge in [-0.15, -0.1) is 0 Å². The molecule has 0 aliphatic heterocycles. The minimum atomic E-state index is 0.625. The quantitative estimate of drug-likeness (QED) is 0.446. The van der Waals surface area contributed by atoms with Crippen LogP contribution in [0.4, 0.5) is 0 Å². The maximum atomic E-state index is 6.26. The van der Waals surface area contributed by atoms with Gasteiger partial charge in [-0.3, -0.25) is 0 Å². The van der Waals surface area contributed by atoms with Crippen LogP contribution in [0, 0.1) is 0 Å². The van der Waals surface area contributed by atoms with Crippen LogP contribution in [0.2, 0.25) is 15.1 Å². The molecular weight excluding hydrogens is 275 g/mol. The number of rotatable bonds is 0. The highest BCUT2D eigenvalue weighted by Crippen LogP contribution is 2.36. The van der Waals surface area contributed by atoms with E-state index in [-0.39, 0.29) is 0 Å². The highest BCUT2D eigenvalue weighted by molar-refractivity contribution is 6.42. The lowest BCUT2D eigenvalue weighted by atomic mass is 10.0. The Balaban J connectivity index is 2.63. The molecule has 0 amide bonds. The first kappa shape index (κ1) is 11.2. The van der Waals surface area contributed by atoms with Gasteiger partial charge >= 0.3 is 0 Å². The van der Waals surface area contributed by atoms with Crippen molar-refractivity contribution < 1.29 is 0 Å². The van der Waals surface area contributed by atoms with Gasteiger partial charge in [0.2, 0.25) is 0 Å². The smallest absolute Gasteiger partial charge is 0.0499 e. The van der Waals surface area contributed by atoms with Crippen molar-refractivity contribution in [2.45, 2.75) is 0 Å². The van der Waals surface area contributed by atoms with Crippen LogP contribution >= 0.6 is 34.8 Å². The molecule has 0 saturated carbocycles. The van der Waals surface area contributed by atoms with E-state index < -0.39 is 0 Å². The van der Waals surface area contributed by atoms with E-state index in [1.165, 1.54) is 0 Å². The van der Waals surface area contributed by atoms with Crippen molar-refractivity contribution >= 4 is 56.3 Å². The summed E-state index contributed by atoms with van der Waals surface area (Å²) in [4.78, 5) is 0. The Kier molecular flexibility index (Phi) is 2.67. The first-order valence-corrected chi connectivity index (χ1v) is 6.26. The normalized spacial score (nSPS) is 11.2. The number of benzene rings is 3. The molecule has 0 atom stereocenters. The van der Waals surface area contributed by atoms with Crippen LogP contribution in [0.1, 0.15) is 0 Å². The second-order valence-electron chi connectivity index (χ2n) is 3.89. The molecule has 0 bridgehead atoms. The summed E-state index contributed by atoms with van der Waals surface area (Å²) in [5.74, 6) is 0.